The van der Waals surface area contributed by atoms with E-state index in [-0.39, 0.29) is 17.7 Å². The van der Waals surface area contributed by atoms with E-state index in [0.29, 0.717) is 11.1 Å². The molecule has 0 saturated carbocycles. The topological polar surface area (TPSA) is 47.4 Å². The molecule has 1 atom stereocenters. The Morgan fingerprint density at radius 3 is 2.61 bits per heavy atom. The van der Waals surface area contributed by atoms with E-state index in [2.05, 4.69) is 69.5 Å². The summed E-state index contributed by atoms with van der Waals surface area (Å²) in [7, 11) is 2.11. The number of hydrogen-bond donors (Lipinski definition) is 1. The van der Waals surface area contributed by atoms with Crippen LogP contribution in [0.25, 0.3) is 5.57 Å². The molecule has 0 radical (unpaired) electrons. The molecule has 1 N–H and O–H groups in total. The Labute approximate surface area is 202 Å². The van der Waals surface area contributed by atoms with Crippen molar-refractivity contribution in [3.63, 3.8) is 0 Å². The van der Waals surface area contributed by atoms with Crippen LogP contribution in [0.4, 0.5) is 0 Å². The van der Waals surface area contributed by atoms with Gasteiger partial charge < -0.3 is 9.80 Å². The van der Waals surface area contributed by atoms with Crippen molar-refractivity contribution in [3.8, 4) is 0 Å². The molecule has 0 saturated heterocycles. The summed E-state index contributed by atoms with van der Waals surface area (Å²) in [5.74, 6) is -0.281. The van der Waals surface area contributed by atoms with E-state index in [1.165, 1.54) is 11.3 Å². The monoisotopic (exact) mass is 497 g/mol. The molecule has 3 aliphatic rings. The number of nitrogens with one attached hydrogen (secondary N) is 1. The maximum atomic E-state index is 13.1. The predicted octanol–water partition coefficient (Wildman–Crippen LogP) is 6.30. The molecule has 0 amide bonds. The van der Waals surface area contributed by atoms with Gasteiger partial charge in [0.25, 0.3) is 0 Å². The van der Waals surface area contributed by atoms with E-state index >= 15 is 0 Å². The highest BCUT2D eigenvalue weighted by molar-refractivity contribution is 9.10. The first-order chi connectivity index (χ1) is 16.0. The number of hydrogen-bond acceptors (Lipinski definition) is 4. The van der Waals surface area contributed by atoms with Crippen molar-refractivity contribution < 1.29 is 4.79 Å². The molecular formula is C28H24BrN3O. The van der Waals surface area contributed by atoms with Gasteiger partial charge in [0.05, 0.1) is 5.70 Å². The molecule has 0 aromatic heterocycles. The van der Waals surface area contributed by atoms with E-state index in [1.807, 2.05) is 42.5 Å². The molecule has 0 fully saturated rings. The minimum Gasteiger partial charge on any atom is -0.349 e. The number of allylic oxidation sites excluding steroid dienone is 6. The molecule has 164 valence electrons. The molecule has 33 heavy (non-hydrogen) atoms. The third-order valence-electron chi connectivity index (χ3n) is 6.30. The van der Waals surface area contributed by atoms with Crippen LogP contribution in [0.5, 0.6) is 0 Å². The van der Waals surface area contributed by atoms with E-state index in [0.717, 1.165) is 28.5 Å². The molecule has 2 aromatic rings. The second-order valence-electron chi connectivity index (χ2n) is 8.32. The summed E-state index contributed by atoms with van der Waals surface area (Å²) in [6.07, 6.45) is 17.0. The van der Waals surface area contributed by atoms with Crippen LogP contribution in [0.2, 0.25) is 0 Å². The highest BCUT2D eigenvalue weighted by atomic mass is 79.9. The van der Waals surface area contributed by atoms with Crippen molar-refractivity contribution in [1.29, 1.82) is 5.41 Å². The number of halogens is 1. The summed E-state index contributed by atoms with van der Waals surface area (Å²) in [4.78, 5) is 17.6. The van der Waals surface area contributed by atoms with Gasteiger partial charge in [-0.05, 0) is 54.3 Å². The van der Waals surface area contributed by atoms with Crippen molar-refractivity contribution in [2.24, 2.45) is 0 Å². The fraction of sp³-hybridized carbons (Fsp3) is 0.143. The van der Waals surface area contributed by atoms with Gasteiger partial charge in [-0.25, -0.2) is 0 Å². The van der Waals surface area contributed by atoms with Crippen molar-refractivity contribution in [2.45, 2.75) is 19.0 Å². The van der Waals surface area contributed by atoms with Crippen LogP contribution in [0.3, 0.4) is 0 Å². The van der Waals surface area contributed by atoms with Crippen LogP contribution < -0.4 is 0 Å². The van der Waals surface area contributed by atoms with Crippen LogP contribution in [0.15, 0.2) is 107 Å². The number of Topliss-reactive ketones (excluding diaryl/α,β-unsaturated/α-hetero) is 1. The van der Waals surface area contributed by atoms with Gasteiger partial charge in [0.1, 0.15) is 11.9 Å². The molecule has 2 aromatic carbocycles. The molecule has 1 unspecified atom stereocenters. The number of fused-ring (bicyclic) bond motifs is 1. The number of rotatable bonds is 5. The summed E-state index contributed by atoms with van der Waals surface area (Å²) in [5.41, 5.74) is 5.68. The first-order valence-electron chi connectivity index (χ1n) is 11.0. The Hall–Kier alpha value is -3.44. The molecule has 0 spiro atoms. The van der Waals surface area contributed by atoms with Gasteiger partial charge >= 0.3 is 0 Å². The zero-order valence-corrected chi connectivity index (χ0v) is 19.9. The Kier molecular flexibility index (Phi) is 5.73. The van der Waals surface area contributed by atoms with Crippen molar-refractivity contribution >= 4 is 33.0 Å². The van der Waals surface area contributed by atoms with E-state index in [1.54, 1.807) is 12.1 Å². The molecule has 5 rings (SSSR count). The van der Waals surface area contributed by atoms with Crippen molar-refractivity contribution in [1.82, 2.24) is 9.80 Å². The van der Waals surface area contributed by atoms with E-state index in [9.17, 15) is 4.79 Å². The number of carbonyl (C=O) groups is 1. The third-order valence-corrected chi connectivity index (χ3v) is 6.83. The summed E-state index contributed by atoms with van der Waals surface area (Å²) in [6, 6.07) is 14.9. The first-order valence-corrected chi connectivity index (χ1v) is 11.8. The molecule has 2 heterocycles. The lowest BCUT2D eigenvalue weighted by molar-refractivity contribution is 0.106. The highest BCUT2D eigenvalue weighted by Crippen LogP contribution is 2.39. The fourth-order valence-corrected chi connectivity index (χ4v) is 4.90. The molecule has 2 aliphatic heterocycles. The molecule has 1 aliphatic carbocycles. The summed E-state index contributed by atoms with van der Waals surface area (Å²) >= 11 is 3.40. The summed E-state index contributed by atoms with van der Waals surface area (Å²) in [6.45, 7) is 0. The molecule has 0 bridgehead atoms. The second kappa shape index (κ2) is 8.83. The lowest BCUT2D eigenvalue weighted by atomic mass is 9.90. The zero-order valence-electron chi connectivity index (χ0n) is 18.3. The Bertz CT molecular complexity index is 1280. The number of nitrogens with zero attached hydrogens (tertiary/aromatic N) is 2. The minimum atomic E-state index is -0.281. The number of likely N-dealkylation sites (N-methyl/N-ethyl adjacent to an activating group) is 1. The van der Waals surface area contributed by atoms with E-state index < -0.39 is 0 Å². The highest BCUT2D eigenvalue weighted by Gasteiger charge is 2.35. The van der Waals surface area contributed by atoms with Crippen LogP contribution in [0.1, 0.15) is 34.3 Å². The maximum Gasteiger partial charge on any atom is 0.211 e. The van der Waals surface area contributed by atoms with E-state index in [4.69, 9.17) is 5.41 Å². The van der Waals surface area contributed by atoms with Crippen LogP contribution in [0, 0.1) is 5.41 Å². The summed E-state index contributed by atoms with van der Waals surface area (Å²) < 4.78 is 0.904. The summed E-state index contributed by atoms with van der Waals surface area (Å²) in [5, 5.41) is 8.76. The second-order valence-corrected chi connectivity index (χ2v) is 9.24. The standard InChI is InChI=1S/C28H24BrN3O/c1-31-25(19-8-3-2-4-9-19)18-32-17-7-12-24(28(31)32)22-10-5-6-11-23(22)26(30)27(33)20-13-15-21(29)16-14-20/h2-3,5-8,10-18,28,30H,4,9H2,1H3. The number of benzene rings is 2. The number of ketones is 1. The average molecular weight is 498 g/mol. The Morgan fingerprint density at radius 1 is 1.06 bits per heavy atom. The van der Waals surface area contributed by atoms with Gasteiger partial charge in [-0.3, -0.25) is 10.2 Å². The maximum absolute atomic E-state index is 13.1. The Morgan fingerprint density at radius 2 is 1.85 bits per heavy atom. The lowest BCUT2D eigenvalue weighted by Crippen LogP contribution is -2.37. The van der Waals surface area contributed by atoms with Crippen molar-refractivity contribution in [3.05, 3.63) is 124 Å². The minimum absolute atomic E-state index is 0.00360. The van der Waals surface area contributed by atoms with Gasteiger partial charge in [0.15, 0.2) is 0 Å². The first kappa shape index (κ1) is 21.4. The predicted molar refractivity (Wildman–Crippen MR) is 137 cm³/mol. The fourth-order valence-electron chi connectivity index (χ4n) is 4.64. The van der Waals surface area contributed by atoms with Crippen LogP contribution in [-0.2, 0) is 0 Å². The molecular weight excluding hydrogens is 474 g/mol. The van der Waals surface area contributed by atoms with Gasteiger partial charge in [-0.2, -0.15) is 0 Å². The number of carbonyl (C=O) groups excluding carboxylic acids is 1. The smallest absolute Gasteiger partial charge is 0.211 e. The van der Waals surface area contributed by atoms with Gasteiger partial charge in [0, 0.05) is 40.6 Å². The normalized spacial score (nSPS) is 19.1. The SMILES string of the molecule is CN1C(C2=CC=CCC2)=CN2C=CC=C(c3ccccc3C(=N)C(=O)c3ccc(Br)cc3)C21. The molecule has 4 nitrogen and oxygen atoms in total. The third kappa shape index (κ3) is 3.93. The zero-order chi connectivity index (χ0) is 22.9. The Balaban J connectivity index is 1.49. The van der Waals surface area contributed by atoms with Gasteiger partial charge in [-0.1, -0.05) is 64.5 Å². The molecule has 5 heteroatoms. The largest absolute Gasteiger partial charge is 0.349 e. The van der Waals surface area contributed by atoms with Gasteiger partial charge in [-0.15, -0.1) is 0 Å². The average Bonchev–Trinajstić information content (AvgIpc) is 3.21. The van der Waals surface area contributed by atoms with Crippen LogP contribution in [-0.4, -0.2) is 34.5 Å². The van der Waals surface area contributed by atoms with Crippen LogP contribution >= 0.6 is 15.9 Å². The van der Waals surface area contributed by atoms with Crippen molar-refractivity contribution in [2.75, 3.05) is 7.05 Å². The van der Waals surface area contributed by atoms with Gasteiger partial charge in [0.2, 0.25) is 5.78 Å². The lowest BCUT2D eigenvalue weighted by Gasteiger charge is -2.35. The quantitative estimate of drug-likeness (QED) is 0.389.